The van der Waals surface area contributed by atoms with E-state index in [9.17, 15) is 5.11 Å². The Balaban J connectivity index is 1.19. The maximum absolute atomic E-state index is 12.7. The summed E-state index contributed by atoms with van der Waals surface area (Å²) in [7, 11) is 0. The van der Waals surface area contributed by atoms with Crippen molar-refractivity contribution in [2.75, 3.05) is 0 Å². The van der Waals surface area contributed by atoms with E-state index in [1.54, 1.807) is 0 Å². The van der Waals surface area contributed by atoms with Gasteiger partial charge in [-0.25, -0.2) is 4.98 Å². The highest BCUT2D eigenvalue weighted by atomic mass is 16.3. The molecular weight excluding hydrogens is 893 g/mol. The van der Waals surface area contributed by atoms with Crippen molar-refractivity contribution in [3.63, 3.8) is 0 Å². The van der Waals surface area contributed by atoms with Gasteiger partial charge in [0.15, 0.2) is 0 Å². The second-order valence-electron chi connectivity index (χ2n) is 22.7. The van der Waals surface area contributed by atoms with Crippen molar-refractivity contribution in [1.82, 2.24) is 19.5 Å². The van der Waals surface area contributed by atoms with Gasteiger partial charge in [0.05, 0.1) is 33.5 Å². The number of rotatable bonds is 6. The van der Waals surface area contributed by atoms with Crippen LogP contribution in [0.5, 0.6) is 5.75 Å². The largest absolute Gasteiger partial charge is 0.507 e. The zero-order chi connectivity index (χ0) is 50.6. The van der Waals surface area contributed by atoms with Gasteiger partial charge in [0.2, 0.25) is 0 Å². The average molecular weight is 951 g/mol. The molecule has 0 unspecified atom stereocenters. The molecular formula is C67H58N4O2. The summed E-state index contributed by atoms with van der Waals surface area (Å²) in [6.07, 6.45) is 3.84. The fraction of sp³-hybridized carbons (Fsp3) is 0.179. The normalized spacial score (nSPS) is 12.5. The van der Waals surface area contributed by atoms with Crippen LogP contribution in [0.4, 0.5) is 0 Å². The zero-order valence-electron chi connectivity index (χ0n) is 43.0. The molecule has 0 bridgehead atoms. The number of nitrogens with zero attached hydrogens (tertiary/aromatic N) is 4. The molecule has 12 rings (SSSR count). The van der Waals surface area contributed by atoms with E-state index >= 15 is 0 Å². The van der Waals surface area contributed by atoms with Gasteiger partial charge in [-0.2, -0.15) is 0 Å². The predicted octanol–water partition coefficient (Wildman–Crippen LogP) is 18.0. The Kier molecular flexibility index (Phi) is 10.6. The van der Waals surface area contributed by atoms with Crippen LogP contribution in [0, 0.1) is 0 Å². The Bertz CT molecular complexity index is 4140. The van der Waals surface area contributed by atoms with Crippen molar-refractivity contribution in [2.45, 2.75) is 78.6 Å². The minimum absolute atomic E-state index is 0.102. The fourth-order valence-corrected chi connectivity index (χ4v) is 10.6. The van der Waals surface area contributed by atoms with Gasteiger partial charge in [-0.1, -0.05) is 172 Å². The topological polar surface area (TPSA) is 77.0 Å². The van der Waals surface area contributed by atoms with Crippen LogP contribution < -0.4 is 0 Å². The number of pyridine rings is 2. The summed E-state index contributed by atoms with van der Waals surface area (Å²) in [6, 6.07) is 60.0. The number of fused-ring (bicyclic) bond motifs is 7. The van der Waals surface area contributed by atoms with E-state index in [-0.39, 0.29) is 22.0 Å². The van der Waals surface area contributed by atoms with Crippen LogP contribution in [0.25, 0.3) is 116 Å². The van der Waals surface area contributed by atoms with Crippen molar-refractivity contribution in [3.8, 4) is 67.5 Å². The summed E-state index contributed by atoms with van der Waals surface area (Å²) in [5.41, 5.74) is 16.2. The van der Waals surface area contributed by atoms with Gasteiger partial charge in [-0.15, -0.1) is 0 Å². The molecule has 6 heteroatoms. The first kappa shape index (κ1) is 45.8. The summed E-state index contributed by atoms with van der Waals surface area (Å²) in [6.45, 7) is 20.0. The summed E-state index contributed by atoms with van der Waals surface area (Å²) in [5.74, 6) is 0.895. The summed E-state index contributed by atoms with van der Waals surface area (Å²) in [4.78, 5) is 15.8. The van der Waals surface area contributed by atoms with Crippen LogP contribution in [0.1, 0.15) is 79.0 Å². The Morgan fingerprint density at radius 1 is 0.479 bits per heavy atom. The number of imidazole rings is 1. The first-order valence-corrected chi connectivity index (χ1v) is 25.3. The molecule has 0 aliphatic heterocycles. The number of phenolic OH excluding ortho intramolecular Hbond substituents is 1. The van der Waals surface area contributed by atoms with Gasteiger partial charge in [0.25, 0.3) is 0 Å². The molecule has 0 radical (unpaired) electrons. The van der Waals surface area contributed by atoms with E-state index in [1.807, 2.05) is 24.5 Å². The van der Waals surface area contributed by atoms with Crippen LogP contribution in [-0.4, -0.2) is 24.6 Å². The van der Waals surface area contributed by atoms with E-state index in [1.165, 1.54) is 5.56 Å². The van der Waals surface area contributed by atoms with Gasteiger partial charge in [0.1, 0.15) is 22.7 Å². The lowest BCUT2D eigenvalue weighted by Gasteiger charge is -2.28. The van der Waals surface area contributed by atoms with E-state index in [0.29, 0.717) is 11.4 Å². The second kappa shape index (κ2) is 16.9. The average Bonchev–Trinajstić information content (AvgIpc) is 3.96. The molecule has 6 nitrogen and oxygen atoms in total. The number of hydrogen-bond acceptors (Lipinski definition) is 5. The first-order chi connectivity index (χ1) is 35.0. The van der Waals surface area contributed by atoms with Crippen LogP contribution in [0.15, 0.2) is 187 Å². The molecule has 0 saturated heterocycles. The minimum Gasteiger partial charge on any atom is -0.507 e. The maximum atomic E-state index is 12.7. The molecule has 73 heavy (non-hydrogen) atoms. The van der Waals surface area contributed by atoms with Crippen LogP contribution in [-0.2, 0) is 16.2 Å². The first-order valence-electron chi connectivity index (χ1n) is 25.3. The predicted molar refractivity (Wildman–Crippen MR) is 304 cm³/mol. The maximum Gasteiger partial charge on any atom is 0.149 e. The van der Waals surface area contributed by atoms with Crippen LogP contribution >= 0.6 is 0 Å². The lowest BCUT2D eigenvalue weighted by atomic mass is 9.79. The molecule has 0 aliphatic carbocycles. The molecule has 1 N–H and O–H groups in total. The third-order valence-corrected chi connectivity index (χ3v) is 14.6. The highest BCUT2D eigenvalue weighted by Gasteiger charge is 2.30. The van der Waals surface area contributed by atoms with E-state index < -0.39 is 0 Å². The van der Waals surface area contributed by atoms with Gasteiger partial charge < -0.3 is 9.52 Å². The number of para-hydroxylation sites is 1. The quantitative estimate of drug-likeness (QED) is 0.168. The molecule has 8 aromatic carbocycles. The van der Waals surface area contributed by atoms with Crippen molar-refractivity contribution < 1.29 is 9.52 Å². The third kappa shape index (κ3) is 7.93. The zero-order valence-corrected chi connectivity index (χ0v) is 43.0. The summed E-state index contributed by atoms with van der Waals surface area (Å²) in [5, 5.41) is 17.9. The molecule has 358 valence electrons. The molecule has 0 fully saturated rings. The van der Waals surface area contributed by atoms with Crippen molar-refractivity contribution in [1.29, 1.82) is 0 Å². The molecule has 0 spiro atoms. The Labute approximate surface area is 426 Å². The molecule has 0 amide bonds. The number of hydrogen-bond donors (Lipinski definition) is 1. The van der Waals surface area contributed by atoms with Crippen LogP contribution in [0.3, 0.4) is 0 Å². The molecule has 0 saturated carbocycles. The highest BCUT2D eigenvalue weighted by Crippen LogP contribution is 2.47. The molecule has 12 aromatic rings. The molecule has 4 aromatic heterocycles. The Morgan fingerprint density at radius 2 is 1.19 bits per heavy atom. The monoisotopic (exact) mass is 950 g/mol. The minimum atomic E-state index is -0.357. The van der Waals surface area contributed by atoms with E-state index in [0.717, 1.165) is 116 Å². The lowest BCUT2D eigenvalue weighted by molar-refractivity contribution is 0.446. The number of furan rings is 1. The van der Waals surface area contributed by atoms with Crippen molar-refractivity contribution in [3.05, 3.63) is 199 Å². The summed E-state index contributed by atoms with van der Waals surface area (Å²) < 4.78 is 9.30. The van der Waals surface area contributed by atoms with Crippen LogP contribution in [0.2, 0.25) is 0 Å². The lowest BCUT2D eigenvalue weighted by Crippen LogP contribution is -2.17. The smallest absolute Gasteiger partial charge is 0.149 e. The van der Waals surface area contributed by atoms with E-state index in [4.69, 9.17) is 19.4 Å². The Morgan fingerprint density at radius 3 is 1.93 bits per heavy atom. The molecule has 0 atom stereocenters. The fourth-order valence-electron chi connectivity index (χ4n) is 10.6. The van der Waals surface area contributed by atoms with Crippen molar-refractivity contribution in [2.24, 2.45) is 0 Å². The third-order valence-electron chi connectivity index (χ3n) is 14.6. The van der Waals surface area contributed by atoms with Gasteiger partial charge >= 0.3 is 0 Å². The van der Waals surface area contributed by atoms with E-state index in [2.05, 4.69) is 225 Å². The molecule has 4 heterocycles. The SMILES string of the molecule is CC(C)(C)c1ccc(-n2c(-c3cc(C(C)(C)C)cc(C(C)(C)C)c3O)nc3c(-c4cc(-c5cc(-c6ccccc6)ccn5)c5oc6cc7c(cc6c5c4)ncc4ccccc47)cccc32)c(-c2ccccc2)c1. The second-order valence-corrected chi connectivity index (χ2v) is 22.7. The number of phenols is 1. The highest BCUT2D eigenvalue weighted by molar-refractivity contribution is 6.17. The summed E-state index contributed by atoms with van der Waals surface area (Å²) >= 11 is 0. The van der Waals surface area contributed by atoms with Crippen molar-refractivity contribution >= 4 is 54.6 Å². The number of benzene rings is 8. The molecule has 0 aliphatic rings. The van der Waals surface area contributed by atoms with Gasteiger partial charge in [-0.3, -0.25) is 14.5 Å². The standard InChI is InChI=1S/C67H58N4O2/c1-65(2,3)45-27-28-58(49(34-45)41-21-14-11-15-22-41)71-59-26-18-25-48(61(59)70-64(71)54-35-46(66(4,5)6)36-55(62(54)72)67(7,8)9)44-31-52-51-37-57-50(47-24-17-16-23-43(47)39-69-57)38-60(51)73-63(52)53(32-44)56-33-42(29-30-68-56)40-19-12-10-13-20-40/h10-39,72H,1-9H3. The number of aromatic nitrogens is 4. The Hall–Kier alpha value is -8.35. The van der Waals surface area contributed by atoms with Gasteiger partial charge in [-0.05, 0) is 116 Å². The van der Waals surface area contributed by atoms with Gasteiger partial charge in [0, 0.05) is 56.2 Å². The number of aromatic hydroxyl groups is 1.